The van der Waals surface area contributed by atoms with Crippen molar-refractivity contribution < 1.29 is 22.4 Å². The maximum atomic E-state index is 13.5. The minimum atomic E-state index is -3.99. The number of halogens is 2. The summed E-state index contributed by atoms with van der Waals surface area (Å²) >= 11 is 5.69. The van der Waals surface area contributed by atoms with E-state index < -0.39 is 39.4 Å². The molecule has 1 atom stereocenters. The number of amides is 2. The Morgan fingerprint density at radius 1 is 1.43 bits per heavy atom. The van der Waals surface area contributed by atoms with Crippen molar-refractivity contribution in [1.29, 1.82) is 0 Å². The van der Waals surface area contributed by atoms with Crippen LogP contribution in [0.1, 0.15) is 12.0 Å². The number of carbonyl (C=O) groups is 2. The van der Waals surface area contributed by atoms with Crippen LogP contribution in [-0.4, -0.2) is 38.2 Å². The van der Waals surface area contributed by atoms with Crippen molar-refractivity contribution in [3.05, 3.63) is 34.6 Å². The van der Waals surface area contributed by atoms with Gasteiger partial charge in [0.15, 0.2) is 0 Å². The molecule has 2 amide bonds. The van der Waals surface area contributed by atoms with Gasteiger partial charge in [-0.3, -0.25) is 14.5 Å². The summed E-state index contributed by atoms with van der Waals surface area (Å²) in [5, 5.41) is 0.202. The van der Waals surface area contributed by atoms with E-state index in [1.54, 1.807) is 0 Å². The first kappa shape index (κ1) is 15.9. The van der Waals surface area contributed by atoms with Gasteiger partial charge in [0.25, 0.3) is 0 Å². The first-order valence-corrected chi connectivity index (χ1v) is 7.97. The van der Waals surface area contributed by atoms with Gasteiger partial charge in [-0.15, -0.1) is 0 Å². The summed E-state index contributed by atoms with van der Waals surface area (Å²) < 4.78 is 39.6. The van der Waals surface area contributed by atoms with E-state index in [9.17, 15) is 22.4 Å². The van der Waals surface area contributed by atoms with Crippen molar-refractivity contribution in [3.8, 4) is 0 Å². The Labute approximate surface area is 125 Å². The normalized spacial score (nSPS) is 19.4. The fourth-order valence-electron chi connectivity index (χ4n) is 1.96. The highest BCUT2D eigenvalue weighted by atomic mass is 35.5. The Bertz CT molecular complexity index is 707. The molecule has 1 heterocycles. The minimum absolute atomic E-state index is 0.111. The lowest BCUT2D eigenvalue weighted by Crippen LogP contribution is -2.41. The average Bonchev–Trinajstić information content (AvgIpc) is 2.61. The minimum Gasteiger partial charge on any atom is -0.284 e. The number of imide groups is 1. The topological polar surface area (TPSA) is 83.6 Å². The number of sulfonamides is 1. The van der Waals surface area contributed by atoms with Gasteiger partial charge in [-0.1, -0.05) is 11.6 Å². The van der Waals surface area contributed by atoms with Crippen LogP contribution in [0.2, 0.25) is 5.02 Å². The molecule has 1 aromatic carbocycles. The van der Waals surface area contributed by atoms with E-state index >= 15 is 0 Å². The number of hydrogen-bond donors (Lipinski definition) is 1. The van der Waals surface area contributed by atoms with Gasteiger partial charge in [0.1, 0.15) is 11.9 Å². The Balaban J connectivity index is 2.15. The third-order valence-electron chi connectivity index (χ3n) is 3.06. The zero-order valence-corrected chi connectivity index (χ0v) is 12.5. The number of likely N-dealkylation sites (tertiary alicyclic amines) is 1. The summed E-state index contributed by atoms with van der Waals surface area (Å²) in [5.41, 5.74) is -0.111. The first-order valence-electron chi connectivity index (χ1n) is 5.94. The summed E-state index contributed by atoms with van der Waals surface area (Å²) in [6.07, 6.45) is -0.243. The van der Waals surface area contributed by atoms with E-state index in [-0.39, 0.29) is 17.0 Å². The van der Waals surface area contributed by atoms with Gasteiger partial charge < -0.3 is 0 Å². The quantitative estimate of drug-likeness (QED) is 0.820. The summed E-state index contributed by atoms with van der Waals surface area (Å²) in [5.74, 6) is -2.48. The van der Waals surface area contributed by atoms with E-state index in [0.29, 0.717) is 0 Å². The Kier molecular flexibility index (Phi) is 4.31. The van der Waals surface area contributed by atoms with E-state index in [1.165, 1.54) is 19.2 Å². The molecule has 0 bridgehead atoms. The standard InChI is InChI=1S/C12H12ClFN2O4S/c1-16-11(17)5-10(12(16)18)15-21(19,20)6-7-4-8(13)2-3-9(7)14/h2-4,10,15H,5-6H2,1H3/t10-/m0/s1. The fraction of sp³-hybridized carbons (Fsp3) is 0.333. The lowest BCUT2D eigenvalue weighted by Gasteiger charge is -2.12. The highest BCUT2D eigenvalue weighted by molar-refractivity contribution is 7.88. The predicted molar refractivity (Wildman–Crippen MR) is 73.4 cm³/mol. The molecule has 0 aliphatic carbocycles. The zero-order valence-electron chi connectivity index (χ0n) is 11.0. The SMILES string of the molecule is CN1C(=O)C[C@H](NS(=O)(=O)Cc2cc(Cl)ccc2F)C1=O. The smallest absolute Gasteiger partial charge is 0.247 e. The van der Waals surface area contributed by atoms with Gasteiger partial charge in [-0.25, -0.2) is 17.5 Å². The van der Waals surface area contributed by atoms with E-state index in [1.807, 2.05) is 0 Å². The third kappa shape index (κ3) is 3.58. The molecular weight excluding hydrogens is 323 g/mol. The van der Waals surface area contributed by atoms with Crippen molar-refractivity contribution in [2.24, 2.45) is 0 Å². The molecule has 1 N–H and O–H groups in total. The zero-order chi connectivity index (χ0) is 15.8. The lowest BCUT2D eigenvalue weighted by atomic mass is 10.2. The maximum Gasteiger partial charge on any atom is 0.247 e. The van der Waals surface area contributed by atoms with Gasteiger partial charge in [-0.05, 0) is 18.2 Å². The van der Waals surface area contributed by atoms with Crippen LogP contribution in [0, 0.1) is 5.82 Å². The van der Waals surface area contributed by atoms with Crippen LogP contribution >= 0.6 is 11.6 Å². The van der Waals surface area contributed by atoms with E-state index in [2.05, 4.69) is 4.72 Å². The molecule has 21 heavy (non-hydrogen) atoms. The third-order valence-corrected chi connectivity index (χ3v) is 4.63. The molecule has 1 aromatic rings. The van der Waals surface area contributed by atoms with Gasteiger partial charge in [0.05, 0.1) is 12.2 Å². The number of hydrogen-bond acceptors (Lipinski definition) is 4. The highest BCUT2D eigenvalue weighted by Crippen LogP contribution is 2.18. The van der Waals surface area contributed by atoms with Crippen molar-refractivity contribution in [2.75, 3.05) is 7.05 Å². The molecule has 0 aromatic heterocycles. The monoisotopic (exact) mass is 334 g/mol. The molecule has 1 aliphatic heterocycles. The predicted octanol–water partition coefficient (Wildman–Crippen LogP) is 0.656. The largest absolute Gasteiger partial charge is 0.284 e. The second kappa shape index (κ2) is 5.70. The Hall–Kier alpha value is -1.51. The summed E-state index contributed by atoms with van der Waals surface area (Å²) in [7, 11) is -2.71. The van der Waals surface area contributed by atoms with Crippen molar-refractivity contribution in [2.45, 2.75) is 18.2 Å². The van der Waals surface area contributed by atoms with Crippen LogP contribution in [0.5, 0.6) is 0 Å². The summed E-state index contributed by atoms with van der Waals surface area (Å²) in [6, 6.07) is 2.42. The molecule has 2 rings (SSSR count). The van der Waals surface area contributed by atoms with Crippen molar-refractivity contribution >= 4 is 33.4 Å². The van der Waals surface area contributed by atoms with Crippen LogP contribution < -0.4 is 4.72 Å². The molecule has 0 spiro atoms. The van der Waals surface area contributed by atoms with Crippen molar-refractivity contribution in [1.82, 2.24) is 9.62 Å². The first-order chi connectivity index (χ1) is 9.69. The Morgan fingerprint density at radius 2 is 2.10 bits per heavy atom. The molecular formula is C12H12ClFN2O4S. The maximum absolute atomic E-state index is 13.5. The van der Waals surface area contributed by atoms with Crippen LogP contribution in [0.4, 0.5) is 4.39 Å². The highest BCUT2D eigenvalue weighted by Gasteiger charge is 2.38. The summed E-state index contributed by atoms with van der Waals surface area (Å²) in [6.45, 7) is 0. The summed E-state index contributed by atoms with van der Waals surface area (Å²) in [4.78, 5) is 23.8. The van der Waals surface area contributed by atoms with Crippen LogP contribution in [0.3, 0.4) is 0 Å². The number of carbonyl (C=O) groups excluding carboxylic acids is 2. The molecule has 0 saturated carbocycles. The second-order valence-corrected chi connectivity index (χ2v) is 6.85. The van der Waals surface area contributed by atoms with E-state index in [0.717, 1.165) is 11.0 Å². The van der Waals surface area contributed by atoms with Crippen LogP contribution in [0.25, 0.3) is 0 Å². The Morgan fingerprint density at radius 3 is 2.67 bits per heavy atom. The van der Waals surface area contributed by atoms with Gasteiger partial charge in [0, 0.05) is 17.6 Å². The average molecular weight is 335 g/mol. The van der Waals surface area contributed by atoms with Crippen molar-refractivity contribution in [3.63, 3.8) is 0 Å². The molecule has 0 unspecified atom stereocenters. The fourth-order valence-corrected chi connectivity index (χ4v) is 3.49. The number of nitrogens with zero attached hydrogens (tertiary/aromatic N) is 1. The molecule has 1 saturated heterocycles. The lowest BCUT2D eigenvalue weighted by molar-refractivity contribution is -0.137. The van der Waals surface area contributed by atoms with E-state index in [4.69, 9.17) is 11.6 Å². The molecule has 0 radical (unpaired) electrons. The van der Waals surface area contributed by atoms with Crippen LogP contribution in [-0.2, 0) is 25.4 Å². The molecule has 1 fully saturated rings. The second-order valence-electron chi connectivity index (χ2n) is 4.66. The van der Waals surface area contributed by atoms with Crippen LogP contribution in [0.15, 0.2) is 18.2 Å². The number of rotatable bonds is 4. The number of nitrogens with one attached hydrogen (secondary N) is 1. The molecule has 9 heteroatoms. The molecule has 114 valence electrons. The molecule has 6 nitrogen and oxygen atoms in total. The van der Waals surface area contributed by atoms with Gasteiger partial charge in [0.2, 0.25) is 21.8 Å². The van der Waals surface area contributed by atoms with Gasteiger partial charge >= 0.3 is 0 Å². The number of benzene rings is 1. The number of likely N-dealkylation sites (N-methyl/N-ethyl adjacent to an activating group) is 1. The molecule has 1 aliphatic rings. The van der Waals surface area contributed by atoms with Gasteiger partial charge in [-0.2, -0.15) is 0 Å².